The summed E-state index contributed by atoms with van der Waals surface area (Å²) in [5.74, 6) is -0.199. The number of hydrogen-bond acceptors (Lipinski definition) is 1. The van der Waals surface area contributed by atoms with Crippen LogP contribution in [0.4, 0.5) is 26.3 Å². The number of alkyl halides is 6. The molecule has 0 aromatic heterocycles. The third-order valence-corrected chi connectivity index (χ3v) is 6.49. The molecule has 2 aromatic carbocycles. The van der Waals surface area contributed by atoms with E-state index in [0.29, 0.717) is 11.6 Å². The number of rotatable bonds is 5. The maximum atomic E-state index is 13.3. The van der Waals surface area contributed by atoms with Crippen molar-refractivity contribution in [2.45, 2.75) is 91.0 Å². The predicted molar refractivity (Wildman–Crippen MR) is 136 cm³/mol. The van der Waals surface area contributed by atoms with E-state index < -0.39 is 34.9 Å². The number of allylic oxidation sites excluding steroid dienone is 1. The molecule has 36 heavy (non-hydrogen) atoms. The zero-order chi connectivity index (χ0) is 27.7. The van der Waals surface area contributed by atoms with Crippen molar-refractivity contribution in [1.29, 1.82) is 0 Å². The minimum atomic E-state index is -4.88. The number of benzene rings is 2. The Morgan fingerprint density at radius 2 is 1.31 bits per heavy atom. The highest BCUT2D eigenvalue weighted by molar-refractivity contribution is 5.38. The van der Waals surface area contributed by atoms with Crippen LogP contribution in [0.1, 0.15) is 95.4 Å². The minimum Gasteiger partial charge on any atom is -0.379 e. The normalized spacial score (nSPS) is 20.7. The Kier molecular flexibility index (Phi) is 11.6. The van der Waals surface area contributed by atoms with Gasteiger partial charge in [-0.25, -0.2) is 0 Å². The van der Waals surface area contributed by atoms with Gasteiger partial charge in [0.2, 0.25) is 0 Å². The van der Waals surface area contributed by atoms with E-state index in [4.69, 9.17) is 0 Å². The summed E-state index contributed by atoms with van der Waals surface area (Å²) in [5.41, 5.74) is -1.71. The maximum absolute atomic E-state index is 13.3. The molecule has 202 valence electrons. The van der Waals surface area contributed by atoms with Crippen LogP contribution in [0.5, 0.6) is 0 Å². The Balaban J connectivity index is 0.00000154. The Morgan fingerprint density at radius 1 is 0.861 bits per heavy atom. The third kappa shape index (κ3) is 8.04. The molecule has 7 heteroatoms. The molecule has 0 bridgehead atoms. The molecule has 1 N–H and O–H groups in total. The Hall–Kier alpha value is -2.44. The zero-order valence-electron chi connectivity index (χ0n) is 22.1. The van der Waals surface area contributed by atoms with Crippen molar-refractivity contribution < 1.29 is 26.3 Å². The molecule has 1 unspecified atom stereocenters. The van der Waals surface area contributed by atoms with Crippen LogP contribution in [0.25, 0.3) is 0 Å². The first kappa shape index (κ1) is 31.6. The average molecular weight is 516 g/mol. The molecule has 0 radical (unpaired) electrons. The van der Waals surface area contributed by atoms with Crippen molar-refractivity contribution >= 4 is 0 Å². The number of halogens is 6. The average Bonchev–Trinajstić information content (AvgIpc) is 2.86. The Bertz CT molecular complexity index is 906. The van der Waals surface area contributed by atoms with E-state index in [1.165, 1.54) is 0 Å². The van der Waals surface area contributed by atoms with Gasteiger partial charge in [-0.3, -0.25) is 0 Å². The van der Waals surface area contributed by atoms with Gasteiger partial charge in [0, 0.05) is 11.6 Å². The van der Waals surface area contributed by atoms with Crippen molar-refractivity contribution in [1.82, 2.24) is 5.32 Å². The molecule has 1 aliphatic carbocycles. The molecule has 2 aromatic rings. The maximum Gasteiger partial charge on any atom is 0.416 e. The summed E-state index contributed by atoms with van der Waals surface area (Å²) in [6, 6.07) is 11.5. The summed E-state index contributed by atoms with van der Waals surface area (Å²) in [6.07, 6.45) is -6.22. The molecule has 1 aliphatic rings. The molecule has 0 heterocycles. The van der Waals surface area contributed by atoms with Gasteiger partial charge >= 0.3 is 12.4 Å². The Morgan fingerprint density at radius 3 is 1.72 bits per heavy atom. The van der Waals surface area contributed by atoms with Crippen LogP contribution in [-0.2, 0) is 17.9 Å². The van der Waals surface area contributed by atoms with Crippen LogP contribution in [-0.4, -0.2) is 0 Å². The topological polar surface area (TPSA) is 12.0 Å². The van der Waals surface area contributed by atoms with E-state index >= 15 is 0 Å². The first-order valence-electron chi connectivity index (χ1n) is 12.6. The molecule has 1 saturated carbocycles. The van der Waals surface area contributed by atoms with Crippen LogP contribution in [0.15, 0.2) is 60.8 Å². The van der Waals surface area contributed by atoms with Crippen LogP contribution in [0, 0.1) is 5.92 Å². The molecule has 0 aliphatic heterocycles. The summed E-state index contributed by atoms with van der Waals surface area (Å²) in [4.78, 5) is 0. The fourth-order valence-electron chi connectivity index (χ4n) is 4.34. The second-order valence-corrected chi connectivity index (χ2v) is 8.84. The predicted octanol–water partition coefficient (Wildman–Crippen LogP) is 10.1. The van der Waals surface area contributed by atoms with E-state index in [9.17, 15) is 26.3 Å². The zero-order valence-corrected chi connectivity index (χ0v) is 22.1. The second kappa shape index (κ2) is 13.2. The second-order valence-electron chi connectivity index (χ2n) is 8.84. The standard InChI is InChI=1S/C25H27F6N.2C2H6/c1-16-9-11-23(12-10-16,20-7-5-4-6-8-20)32-18(3)17(2)19-13-21(24(26,27)28)15-22(14-19)25(29,30)31;2*1-2/h4-8,13-17,32H,3,9-12H2,1-2H3;2*1-2H3. The molecule has 3 rings (SSSR count). The highest BCUT2D eigenvalue weighted by Crippen LogP contribution is 2.42. The van der Waals surface area contributed by atoms with Gasteiger partial charge in [-0.15, -0.1) is 0 Å². The molecular weight excluding hydrogens is 476 g/mol. The largest absolute Gasteiger partial charge is 0.416 e. The van der Waals surface area contributed by atoms with Gasteiger partial charge in [-0.2, -0.15) is 26.3 Å². The van der Waals surface area contributed by atoms with E-state index in [2.05, 4.69) is 18.8 Å². The van der Waals surface area contributed by atoms with Crippen LogP contribution in [0.3, 0.4) is 0 Å². The van der Waals surface area contributed by atoms with Crippen LogP contribution >= 0.6 is 0 Å². The summed E-state index contributed by atoms with van der Waals surface area (Å²) in [5, 5.41) is 3.43. The lowest BCUT2D eigenvalue weighted by Crippen LogP contribution is -2.45. The van der Waals surface area contributed by atoms with Gasteiger partial charge in [-0.05, 0) is 60.9 Å². The van der Waals surface area contributed by atoms with Crippen molar-refractivity contribution in [2.75, 3.05) is 0 Å². The first-order chi connectivity index (χ1) is 16.8. The van der Waals surface area contributed by atoms with Crippen molar-refractivity contribution in [2.24, 2.45) is 5.92 Å². The highest BCUT2D eigenvalue weighted by Gasteiger charge is 2.39. The molecule has 0 saturated heterocycles. The number of hydrogen-bond donors (Lipinski definition) is 1. The summed E-state index contributed by atoms with van der Waals surface area (Å²) < 4.78 is 79.7. The van der Waals surface area contributed by atoms with Crippen LogP contribution in [0.2, 0.25) is 0 Å². The monoisotopic (exact) mass is 515 g/mol. The van der Waals surface area contributed by atoms with Gasteiger partial charge in [0.05, 0.1) is 16.7 Å². The SMILES string of the molecule is C=C(NC1(c2ccccc2)CCC(C)CC1)C(C)c1cc(C(F)(F)F)cc(C(F)(F)F)c1.CC.CC. The lowest BCUT2D eigenvalue weighted by molar-refractivity contribution is -0.143. The third-order valence-electron chi connectivity index (χ3n) is 6.49. The fraction of sp³-hybridized carbons (Fsp3) is 0.517. The summed E-state index contributed by atoms with van der Waals surface area (Å²) in [6.45, 7) is 15.8. The van der Waals surface area contributed by atoms with Gasteiger partial charge in [0.15, 0.2) is 0 Å². The van der Waals surface area contributed by atoms with Crippen molar-refractivity contribution in [3.05, 3.63) is 83.1 Å². The molecule has 0 spiro atoms. The van der Waals surface area contributed by atoms with E-state index in [1.807, 2.05) is 58.0 Å². The summed E-state index contributed by atoms with van der Waals surface area (Å²) in [7, 11) is 0. The molecule has 1 nitrogen and oxygen atoms in total. The lowest BCUT2D eigenvalue weighted by Gasteiger charge is -2.43. The first-order valence-corrected chi connectivity index (χ1v) is 12.6. The van der Waals surface area contributed by atoms with Gasteiger partial charge in [0.1, 0.15) is 0 Å². The molecule has 1 atom stereocenters. The number of nitrogens with one attached hydrogen (secondary N) is 1. The highest BCUT2D eigenvalue weighted by atomic mass is 19.4. The van der Waals surface area contributed by atoms with Gasteiger partial charge in [-0.1, -0.05) is 78.5 Å². The van der Waals surface area contributed by atoms with Crippen molar-refractivity contribution in [3.63, 3.8) is 0 Å². The lowest BCUT2D eigenvalue weighted by atomic mass is 9.72. The van der Waals surface area contributed by atoms with Gasteiger partial charge in [0.25, 0.3) is 0 Å². The summed E-state index contributed by atoms with van der Waals surface area (Å²) >= 11 is 0. The van der Waals surface area contributed by atoms with Crippen LogP contribution < -0.4 is 5.32 Å². The molecular formula is C29H39F6N. The smallest absolute Gasteiger partial charge is 0.379 e. The van der Waals surface area contributed by atoms with Gasteiger partial charge < -0.3 is 5.32 Å². The minimum absolute atomic E-state index is 0.0722. The fourth-order valence-corrected chi connectivity index (χ4v) is 4.34. The molecule has 0 amide bonds. The van der Waals surface area contributed by atoms with E-state index in [0.717, 1.165) is 43.4 Å². The van der Waals surface area contributed by atoms with E-state index in [-0.39, 0.29) is 11.6 Å². The Labute approximate surface area is 212 Å². The molecule has 1 fully saturated rings. The van der Waals surface area contributed by atoms with Crippen molar-refractivity contribution in [3.8, 4) is 0 Å². The van der Waals surface area contributed by atoms with E-state index in [1.54, 1.807) is 6.92 Å². The quantitative estimate of drug-likeness (QED) is 0.391.